The lowest BCUT2D eigenvalue weighted by molar-refractivity contribution is -0.150. The smallest absolute Gasteiger partial charge is 0.246 e. The van der Waals surface area contributed by atoms with E-state index in [2.05, 4.69) is 25.1 Å². The summed E-state index contributed by atoms with van der Waals surface area (Å²) in [5.41, 5.74) is 2.22. The Morgan fingerprint density at radius 2 is 0.958 bits per heavy atom. The quantitative estimate of drug-likeness (QED) is 0.153. The summed E-state index contributed by atoms with van der Waals surface area (Å²) >= 11 is 0. The number of hydrogen-bond acceptors (Lipinski definition) is 7. The van der Waals surface area contributed by atoms with Crippen molar-refractivity contribution in [2.24, 2.45) is 0 Å². The molecule has 3 atom stereocenters. The van der Waals surface area contributed by atoms with Crippen molar-refractivity contribution in [2.75, 3.05) is 33.7 Å². The van der Waals surface area contributed by atoms with E-state index >= 15 is 0 Å². The van der Waals surface area contributed by atoms with Crippen molar-refractivity contribution < 1.29 is 29.7 Å². The van der Waals surface area contributed by atoms with E-state index in [9.17, 15) is 29.7 Å². The van der Waals surface area contributed by atoms with Crippen LogP contribution in [0.1, 0.15) is 16.7 Å². The molecule has 3 amide bonds. The second kappa shape index (κ2) is 18.1. The molecular formula is C38H46N4O6. The van der Waals surface area contributed by atoms with Gasteiger partial charge in [-0.2, -0.15) is 0 Å². The Morgan fingerprint density at radius 3 is 1.33 bits per heavy atom. The van der Waals surface area contributed by atoms with Crippen LogP contribution in [0.5, 0.6) is 17.2 Å². The topological polar surface area (TPSA) is 134 Å². The van der Waals surface area contributed by atoms with E-state index in [0.717, 1.165) is 5.56 Å². The van der Waals surface area contributed by atoms with Crippen LogP contribution in [0.25, 0.3) is 0 Å². The minimum Gasteiger partial charge on any atom is -0.508 e. The maximum absolute atomic E-state index is 14.9. The van der Waals surface area contributed by atoms with E-state index in [4.69, 9.17) is 0 Å². The number of phenolic OH excluding ortho intramolecular Hbond substituents is 3. The predicted octanol–water partition coefficient (Wildman–Crippen LogP) is 3.83. The fourth-order valence-corrected chi connectivity index (χ4v) is 5.43. The van der Waals surface area contributed by atoms with Gasteiger partial charge in [0.15, 0.2) is 0 Å². The van der Waals surface area contributed by atoms with Gasteiger partial charge in [0.2, 0.25) is 17.7 Å². The van der Waals surface area contributed by atoms with Crippen LogP contribution in [0.4, 0.5) is 0 Å². The summed E-state index contributed by atoms with van der Waals surface area (Å²) in [7, 11) is 3.57. The van der Waals surface area contributed by atoms with Gasteiger partial charge in [-0.05, 0) is 73.6 Å². The largest absolute Gasteiger partial charge is 0.508 e. The summed E-state index contributed by atoms with van der Waals surface area (Å²) in [6, 6.07) is 16.7. The number of carbonyl (C=O) groups excluding carboxylic acids is 3. The number of aromatic hydroxyl groups is 3. The first-order valence-corrected chi connectivity index (χ1v) is 15.7. The third kappa shape index (κ3) is 10.3. The lowest BCUT2D eigenvalue weighted by atomic mass is 9.97. The Bertz CT molecular complexity index is 1540. The van der Waals surface area contributed by atoms with Gasteiger partial charge in [0.1, 0.15) is 29.3 Å². The minimum absolute atomic E-state index is 0.00983. The van der Waals surface area contributed by atoms with Crippen molar-refractivity contribution in [3.63, 3.8) is 0 Å². The van der Waals surface area contributed by atoms with Crippen LogP contribution in [-0.4, -0.2) is 99.6 Å². The first-order valence-electron chi connectivity index (χ1n) is 15.7. The highest BCUT2D eigenvalue weighted by Crippen LogP contribution is 2.22. The normalized spacial score (nSPS) is 12.7. The molecule has 0 aliphatic rings. The van der Waals surface area contributed by atoms with Gasteiger partial charge >= 0.3 is 0 Å². The molecule has 3 aromatic carbocycles. The molecule has 0 aliphatic carbocycles. The van der Waals surface area contributed by atoms with Gasteiger partial charge in [-0.25, -0.2) is 0 Å². The van der Waals surface area contributed by atoms with Crippen LogP contribution in [0.3, 0.4) is 0 Å². The van der Waals surface area contributed by atoms with Crippen molar-refractivity contribution in [1.29, 1.82) is 0 Å². The molecule has 254 valence electrons. The Balaban J connectivity index is 2.12. The van der Waals surface area contributed by atoms with Crippen LogP contribution >= 0.6 is 0 Å². The SMILES string of the molecule is C=CCNC(=O)C(Cc1ccc(O)cc1)N(CC=C)C(=O)C(Cc1ccc(O)cc1)N(CC=C)C(=O)C(Cc1ccc(O)cc1)N(C)C. The summed E-state index contributed by atoms with van der Waals surface area (Å²) < 4.78 is 0. The van der Waals surface area contributed by atoms with Crippen molar-refractivity contribution in [2.45, 2.75) is 37.4 Å². The number of likely N-dealkylation sites (N-methyl/N-ethyl adjacent to an activating group) is 1. The van der Waals surface area contributed by atoms with Crippen molar-refractivity contribution in [3.8, 4) is 17.2 Å². The first-order chi connectivity index (χ1) is 23.0. The number of amides is 3. The van der Waals surface area contributed by atoms with Gasteiger partial charge in [-0.15, -0.1) is 19.7 Å². The zero-order chi connectivity index (χ0) is 35.2. The molecule has 4 N–H and O–H groups in total. The van der Waals surface area contributed by atoms with E-state index in [1.165, 1.54) is 40.1 Å². The first kappa shape index (κ1) is 37.1. The van der Waals surface area contributed by atoms with Crippen LogP contribution in [0.15, 0.2) is 111 Å². The molecule has 10 heteroatoms. The van der Waals surface area contributed by atoms with Gasteiger partial charge < -0.3 is 30.4 Å². The maximum Gasteiger partial charge on any atom is 0.246 e. The molecule has 48 heavy (non-hydrogen) atoms. The van der Waals surface area contributed by atoms with Gasteiger partial charge in [0.05, 0.1) is 6.04 Å². The molecule has 0 bridgehead atoms. The average molecular weight is 655 g/mol. The van der Waals surface area contributed by atoms with Crippen molar-refractivity contribution in [3.05, 3.63) is 127 Å². The third-order valence-electron chi connectivity index (χ3n) is 7.98. The number of nitrogens with one attached hydrogen (secondary N) is 1. The Morgan fingerprint density at radius 1 is 0.604 bits per heavy atom. The molecule has 0 fully saturated rings. The molecular weight excluding hydrogens is 608 g/mol. The van der Waals surface area contributed by atoms with Crippen molar-refractivity contribution in [1.82, 2.24) is 20.0 Å². The number of carbonyl (C=O) groups is 3. The van der Waals surface area contributed by atoms with Gasteiger partial charge in [-0.3, -0.25) is 19.3 Å². The fourth-order valence-electron chi connectivity index (χ4n) is 5.43. The number of rotatable bonds is 18. The lowest BCUT2D eigenvalue weighted by Gasteiger charge is -2.39. The lowest BCUT2D eigenvalue weighted by Crippen LogP contribution is -2.60. The average Bonchev–Trinajstić information content (AvgIpc) is 3.07. The molecule has 0 aliphatic heterocycles. The van der Waals surface area contributed by atoms with E-state index < -0.39 is 29.9 Å². The molecule has 0 heterocycles. The summed E-state index contributed by atoms with van der Waals surface area (Å²) in [6.07, 6.45) is 5.17. The minimum atomic E-state index is -1.07. The highest BCUT2D eigenvalue weighted by atomic mass is 16.3. The Hall–Kier alpha value is -5.35. The number of hydrogen-bond donors (Lipinski definition) is 4. The number of phenols is 3. The monoisotopic (exact) mass is 654 g/mol. The summed E-state index contributed by atoms with van der Waals surface area (Å²) in [5, 5.41) is 32.4. The number of benzene rings is 3. The standard InChI is InChI=1S/C38H46N4O6/c1-6-21-39-36(46)33(24-27-9-15-30(43)16-10-27)41(22-7-2)38(48)35(26-29-13-19-32(45)20-14-29)42(23-8-3)37(47)34(40(4)5)25-28-11-17-31(44)18-12-28/h6-20,33-35,43-45H,1-3,21-26H2,4-5H3,(H,39,46). The molecule has 0 saturated heterocycles. The molecule has 10 nitrogen and oxygen atoms in total. The predicted molar refractivity (Wildman–Crippen MR) is 188 cm³/mol. The number of nitrogens with zero attached hydrogens (tertiary/aromatic N) is 3. The second-order valence-electron chi connectivity index (χ2n) is 11.7. The molecule has 0 aromatic heterocycles. The van der Waals surface area contributed by atoms with E-state index in [0.29, 0.717) is 17.5 Å². The Labute approximate surface area is 282 Å². The highest BCUT2D eigenvalue weighted by molar-refractivity contribution is 5.94. The molecule has 0 spiro atoms. The van der Waals surface area contributed by atoms with E-state index in [-0.39, 0.29) is 55.6 Å². The maximum atomic E-state index is 14.9. The zero-order valence-electron chi connectivity index (χ0n) is 27.7. The molecule has 0 radical (unpaired) electrons. The third-order valence-corrected chi connectivity index (χ3v) is 7.98. The van der Waals surface area contributed by atoms with Crippen LogP contribution in [0, 0.1) is 0 Å². The highest BCUT2D eigenvalue weighted by Gasteiger charge is 2.39. The Kier molecular flexibility index (Phi) is 14.0. The zero-order valence-corrected chi connectivity index (χ0v) is 27.7. The van der Waals surface area contributed by atoms with Gasteiger partial charge in [0, 0.05) is 32.5 Å². The van der Waals surface area contributed by atoms with Crippen LogP contribution in [0.2, 0.25) is 0 Å². The molecule has 3 unspecified atom stereocenters. The van der Waals surface area contributed by atoms with Gasteiger partial charge in [0.25, 0.3) is 0 Å². The summed E-state index contributed by atoms with van der Waals surface area (Å²) in [6.45, 7) is 11.7. The summed E-state index contributed by atoms with van der Waals surface area (Å²) in [4.78, 5) is 47.8. The van der Waals surface area contributed by atoms with Gasteiger partial charge in [-0.1, -0.05) is 54.6 Å². The summed E-state index contributed by atoms with van der Waals surface area (Å²) in [5.74, 6) is -0.973. The molecule has 3 aromatic rings. The van der Waals surface area contributed by atoms with Crippen LogP contribution < -0.4 is 5.32 Å². The van der Waals surface area contributed by atoms with Crippen molar-refractivity contribution >= 4 is 17.7 Å². The fraction of sp³-hybridized carbons (Fsp3) is 0.289. The molecule has 0 saturated carbocycles. The van der Waals surface area contributed by atoms with E-state index in [1.54, 1.807) is 79.7 Å². The molecule has 3 rings (SSSR count). The van der Waals surface area contributed by atoms with Crippen LogP contribution in [-0.2, 0) is 33.6 Å². The van der Waals surface area contributed by atoms with E-state index in [1.807, 2.05) is 0 Å². The second-order valence-corrected chi connectivity index (χ2v) is 11.7.